The van der Waals surface area contributed by atoms with Crippen molar-refractivity contribution in [2.24, 2.45) is 0 Å². The lowest BCUT2D eigenvalue weighted by Crippen LogP contribution is -2.16. The van der Waals surface area contributed by atoms with Crippen LogP contribution >= 0.6 is 0 Å². The maximum Gasteiger partial charge on any atom is 0.218 e. The molecule has 2 heterocycles. The molecule has 3 rings (SSSR count). The van der Waals surface area contributed by atoms with Gasteiger partial charge in [0.2, 0.25) is 5.88 Å². The third kappa shape index (κ3) is 3.20. The molecule has 0 unspecified atom stereocenters. The zero-order valence-electron chi connectivity index (χ0n) is 17.0. The summed E-state index contributed by atoms with van der Waals surface area (Å²) < 4.78 is 8.12. The van der Waals surface area contributed by atoms with Crippen molar-refractivity contribution in [1.29, 1.82) is 0 Å². The lowest BCUT2D eigenvalue weighted by molar-refractivity contribution is 0.180. The van der Waals surface area contributed by atoms with Gasteiger partial charge in [0.15, 0.2) is 5.65 Å². The molecule has 0 radical (unpaired) electrons. The highest BCUT2D eigenvalue weighted by Gasteiger charge is 2.20. The predicted octanol–water partition coefficient (Wildman–Crippen LogP) is 5.51. The largest absolute Gasteiger partial charge is 0.474 e. The Morgan fingerprint density at radius 1 is 0.923 bits per heavy atom. The summed E-state index contributed by atoms with van der Waals surface area (Å²) in [4.78, 5) is 4.82. The van der Waals surface area contributed by atoms with Gasteiger partial charge in [-0.15, -0.1) is 0 Å². The second-order valence-electron chi connectivity index (χ2n) is 7.26. The molecular weight excluding hydrogens is 322 g/mol. The van der Waals surface area contributed by atoms with Crippen LogP contribution in [0.3, 0.4) is 0 Å². The van der Waals surface area contributed by atoms with Crippen molar-refractivity contribution in [3.8, 4) is 17.0 Å². The van der Waals surface area contributed by atoms with Gasteiger partial charge in [-0.2, -0.15) is 9.61 Å². The van der Waals surface area contributed by atoms with Crippen molar-refractivity contribution >= 4 is 5.65 Å². The average molecular weight is 351 g/mol. The summed E-state index contributed by atoms with van der Waals surface area (Å²) in [7, 11) is 0. The number of aryl methyl sites for hydroxylation is 5. The number of ether oxygens (including phenoxy) is 1. The molecule has 0 fully saturated rings. The fourth-order valence-corrected chi connectivity index (χ4v) is 3.79. The van der Waals surface area contributed by atoms with Crippen LogP contribution in [-0.2, 0) is 0 Å². The minimum atomic E-state index is 0.191. The van der Waals surface area contributed by atoms with Crippen LogP contribution in [0.25, 0.3) is 16.8 Å². The van der Waals surface area contributed by atoms with E-state index in [9.17, 15) is 0 Å². The first-order valence-electron chi connectivity index (χ1n) is 9.47. The minimum Gasteiger partial charge on any atom is -0.474 e. The maximum atomic E-state index is 6.25. The summed E-state index contributed by atoms with van der Waals surface area (Å²) in [5.74, 6) is 0.776. The van der Waals surface area contributed by atoms with Crippen molar-refractivity contribution in [1.82, 2.24) is 14.6 Å². The Morgan fingerprint density at radius 3 is 2.12 bits per heavy atom. The number of hydrogen-bond donors (Lipinski definition) is 0. The molecule has 0 aliphatic heterocycles. The van der Waals surface area contributed by atoms with Gasteiger partial charge < -0.3 is 4.74 Å². The molecule has 0 atom stereocenters. The highest BCUT2D eigenvalue weighted by molar-refractivity contribution is 5.84. The van der Waals surface area contributed by atoms with Crippen LogP contribution in [0.1, 0.15) is 54.8 Å². The Kier molecular flexibility index (Phi) is 5.03. The van der Waals surface area contributed by atoms with E-state index in [0.29, 0.717) is 0 Å². The first-order chi connectivity index (χ1) is 12.3. The molecule has 0 aliphatic rings. The van der Waals surface area contributed by atoms with Crippen molar-refractivity contribution in [3.63, 3.8) is 0 Å². The summed E-state index contributed by atoms with van der Waals surface area (Å²) in [6.45, 7) is 14.8. The van der Waals surface area contributed by atoms with E-state index in [4.69, 9.17) is 14.8 Å². The van der Waals surface area contributed by atoms with Gasteiger partial charge in [0.25, 0.3) is 0 Å². The Balaban J connectivity index is 2.26. The van der Waals surface area contributed by atoms with Crippen LogP contribution in [0.2, 0.25) is 0 Å². The Bertz CT molecular complexity index is 929. The summed E-state index contributed by atoms with van der Waals surface area (Å²) in [6, 6.07) is 6.43. The number of hydrogen-bond acceptors (Lipinski definition) is 3. The molecule has 0 bridgehead atoms. The number of nitrogens with zero attached hydrogens (tertiary/aromatic N) is 3. The van der Waals surface area contributed by atoms with Crippen LogP contribution in [-0.4, -0.2) is 20.7 Å². The number of benzene rings is 1. The second-order valence-corrected chi connectivity index (χ2v) is 7.26. The third-order valence-electron chi connectivity index (χ3n) is 4.98. The molecule has 0 aliphatic carbocycles. The molecule has 3 aromatic rings. The standard InChI is InChI=1S/C22H29N3O/c1-8-18(9-2)26-19-12-16(6)23-22-21(17(7)24-25(19)22)20-14(4)10-13(3)11-15(20)5/h10-12,18H,8-9H2,1-7H3. The van der Waals surface area contributed by atoms with E-state index < -0.39 is 0 Å². The lowest BCUT2D eigenvalue weighted by Gasteiger charge is -2.17. The number of fused-ring (bicyclic) bond motifs is 1. The van der Waals surface area contributed by atoms with E-state index in [1.165, 1.54) is 22.3 Å². The van der Waals surface area contributed by atoms with E-state index in [1.807, 2.05) is 17.5 Å². The van der Waals surface area contributed by atoms with Gasteiger partial charge in [-0.1, -0.05) is 31.5 Å². The molecular formula is C22H29N3O. The van der Waals surface area contributed by atoms with E-state index in [2.05, 4.69) is 53.7 Å². The van der Waals surface area contributed by atoms with Crippen LogP contribution < -0.4 is 4.74 Å². The first-order valence-corrected chi connectivity index (χ1v) is 9.47. The van der Waals surface area contributed by atoms with Gasteiger partial charge in [0.1, 0.15) is 0 Å². The SMILES string of the molecule is CCC(CC)Oc1cc(C)nc2c(-c3c(C)cc(C)cc3C)c(C)nn12. The number of aromatic nitrogens is 3. The minimum absolute atomic E-state index is 0.191. The summed E-state index contributed by atoms with van der Waals surface area (Å²) in [5, 5.41) is 4.79. The second kappa shape index (κ2) is 7.10. The predicted molar refractivity (Wildman–Crippen MR) is 107 cm³/mol. The molecule has 0 saturated heterocycles. The highest BCUT2D eigenvalue weighted by atomic mass is 16.5. The van der Waals surface area contributed by atoms with Gasteiger partial charge in [-0.3, -0.25) is 0 Å². The van der Waals surface area contributed by atoms with Crippen LogP contribution in [0.15, 0.2) is 18.2 Å². The van der Waals surface area contributed by atoms with Crippen LogP contribution in [0, 0.1) is 34.6 Å². The molecule has 2 aromatic heterocycles. The molecule has 26 heavy (non-hydrogen) atoms. The molecule has 0 amide bonds. The first kappa shape index (κ1) is 18.4. The summed E-state index contributed by atoms with van der Waals surface area (Å²) >= 11 is 0. The number of rotatable bonds is 5. The summed E-state index contributed by atoms with van der Waals surface area (Å²) in [5.41, 5.74) is 8.93. The third-order valence-corrected chi connectivity index (χ3v) is 4.98. The van der Waals surface area contributed by atoms with Crippen LogP contribution in [0.5, 0.6) is 5.88 Å². The van der Waals surface area contributed by atoms with E-state index in [1.54, 1.807) is 0 Å². The van der Waals surface area contributed by atoms with Gasteiger partial charge in [0.05, 0.1) is 17.4 Å². The molecule has 0 spiro atoms. The van der Waals surface area contributed by atoms with Crippen LogP contribution in [0.4, 0.5) is 0 Å². The van der Waals surface area contributed by atoms with E-state index in [-0.39, 0.29) is 6.10 Å². The quantitative estimate of drug-likeness (QED) is 0.609. The van der Waals surface area contributed by atoms with Gasteiger partial charge in [0, 0.05) is 11.8 Å². The fraction of sp³-hybridized carbons (Fsp3) is 0.455. The zero-order chi connectivity index (χ0) is 19.0. The Morgan fingerprint density at radius 2 is 1.54 bits per heavy atom. The molecule has 4 nitrogen and oxygen atoms in total. The van der Waals surface area contributed by atoms with Crippen molar-refractivity contribution in [2.45, 2.75) is 67.4 Å². The normalized spacial score (nSPS) is 11.5. The average Bonchev–Trinajstić information content (AvgIpc) is 2.88. The monoisotopic (exact) mass is 351 g/mol. The Labute approximate surface area is 156 Å². The van der Waals surface area contributed by atoms with E-state index >= 15 is 0 Å². The fourth-order valence-electron chi connectivity index (χ4n) is 3.79. The molecule has 4 heteroatoms. The van der Waals surface area contributed by atoms with Crippen molar-refractivity contribution in [3.05, 3.63) is 46.3 Å². The van der Waals surface area contributed by atoms with Gasteiger partial charge in [-0.05, 0) is 64.2 Å². The van der Waals surface area contributed by atoms with Gasteiger partial charge in [-0.25, -0.2) is 4.98 Å². The molecule has 1 aromatic carbocycles. The topological polar surface area (TPSA) is 39.4 Å². The smallest absolute Gasteiger partial charge is 0.218 e. The maximum absolute atomic E-state index is 6.25. The Hall–Kier alpha value is -2.36. The van der Waals surface area contributed by atoms with Crippen molar-refractivity contribution in [2.75, 3.05) is 0 Å². The molecule has 0 N–H and O–H groups in total. The molecule has 138 valence electrons. The van der Waals surface area contributed by atoms with Gasteiger partial charge >= 0.3 is 0 Å². The summed E-state index contributed by atoms with van der Waals surface area (Å²) in [6.07, 6.45) is 2.14. The van der Waals surface area contributed by atoms with Crippen molar-refractivity contribution < 1.29 is 4.74 Å². The zero-order valence-corrected chi connectivity index (χ0v) is 17.0. The highest BCUT2D eigenvalue weighted by Crippen LogP contribution is 2.35. The molecule has 0 saturated carbocycles. The van der Waals surface area contributed by atoms with E-state index in [0.717, 1.165) is 41.3 Å². The lowest BCUT2D eigenvalue weighted by atomic mass is 9.94.